The summed E-state index contributed by atoms with van der Waals surface area (Å²) in [5.74, 6) is -1.01. The Hall–Kier alpha value is -2.14. The molecule has 0 radical (unpaired) electrons. The number of carboxylic acids is 1. The number of aliphatic carboxylic acids is 1. The molecule has 0 aliphatic carbocycles. The number of hydrogen-bond donors (Lipinski definition) is 3. The molecule has 0 saturated heterocycles. The lowest BCUT2D eigenvalue weighted by Gasteiger charge is -2.07. The van der Waals surface area contributed by atoms with Crippen molar-refractivity contribution in [2.45, 2.75) is 25.8 Å². The van der Waals surface area contributed by atoms with Gasteiger partial charge >= 0.3 is 5.97 Å². The van der Waals surface area contributed by atoms with Gasteiger partial charge in [0.2, 0.25) is 0 Å². The molecular weight excluding hydrogens is 242 g/mol. The highest BCUT2D eigenvalue weighted by Crippen LogP contribution is 2.13. The van der Waals surface area contributed by atoms with Crippen molar-refractivity contribution in [2.75, 3.05) is 0 Å². The van der Waals surface area contributed by atoms with Gasteiger partial charge in [0, 0.05) is 18.5 Å². The molecule has 0 spiro atoms. The summed E-state index contributed by atoms with van der Waals surface area (Å²) < 4.78 is 0. The van der Waals surface area contributed by atoms with Crippen molar-refractivity contribution in [2.24, 2.45) is 5.73 Å². The van der Waals surface area contributed by atoms with Crippen molar-refractivity contribution >= 4 is 5.97 Å². The molecule has 5 nitrogen and oxygen atoms in total. The number of nitrogens with zero attached hydrogens (tertiary/aromatic N) is 1. The first-order valence-corrected chi connectivity index (χ1v) is 6.11. The SMILES string of the molecule is Cc1ccc(Cc2[nH]cnc2C[C@H](N)C(=O)O)cc1. The third kappa shape index (κ3) is 3.42. The van der Waals surface area contributed by atoms with E-state index in [1.165, 1.54) is 5.56 Å². The second kappa shape index (κ2) is 5.67. The van der Waals surface area contributed by atoms with E-state index in [4.69, 9.17) is 10.8 Å². The van der Waals surface area contributed by atoms with Gasteiger partial charge in [-0.1, -0.05) is 29.8 Å². The lowest BCUT2D eigenvalue weighted by molar-refractivity contribution is -0.138. The maximum atomic E-state index is 10.8. The molecule has 2 aromatic rings. The smallest absolute Gasteiger partial charge is 0.320 e. The van der Waals surface area contributed by atoms with E-state index in [-0.39, 0.29) is 6.42 Å². The molecule has 1 atom stereocenters. The Labute approximate surface area is 111 Å². The molecule has 2 rings (SSSR count). The molecule has 0 unspecified atom stereocenters. The largest absolute Gasteiger partial charge is 0.480 e. The van der Waals surface area contributed by atoms with Crippen molar-refractivity contribution in [3.63, 3.8) is 0 Å². The van der Waals surface area contributed by atoms with Crippen molar-refractivity contribution in [1.29, 1.82) is 0 Å². The van der Waals surface area contributed by atoms with Gasteiger partial charge in [-0.3, -0.25) is 4.79 Å². The summed E-state index contributed by atoms with van der Waals surface area (Å²) in [6.45, 7) is 2.04. The fraction of sp³-hybridized carbons (Fsp3) is 0.286. The van der Waals surface area contributed by atoms with Crippen molar-refractivity contribution in [3.8, 4) is 0 Å². The summed E-state index contributed by atoms with van der Waals surface area (Å²) >= 11 is 0. The summed E-state index contributed by atoms with van der Waals surface area (Å²) in [6, 6.07) is 7.29. The van der Waals surface area contributed by atoms with Crippen LogP contribution in [0.15, 0.2) is 30.6 Å². The molecule has 0 aliphatic rings. The molecule has 0 bridgehead atoms. The van der Waals surface area contributed by atoms with Gasteiger partial charge in [0.05, 0.1) is 12.0 Å². The number of carbonyl (C=O) groups is 1. The van der Waals surface area contributed by atoms with E-state index in [0.29, 0.717) is 6.42 Å². The number of nitrogens with two attached hydrogens (primary N) is 1. The highest BCUT2D eigenvalue weighted by atomic mass is 16.4. The Balaban J connectivity index is 2.11. The van der Waals surface area contributed by atoms with Crippen LogP contribution in [0.25, 0.3) is 0 Å². The average molecular weight is 259 g/mol. The normalized spacial score (nSPS) is 12.3. The molecule has 0 aliphatic heterocycles. The van der Waals surface area contributed by atoms with Crippen LogP contribution in [-0.2, 0) is 17.6 Å². The number of hydrogen-bond acceptors (Lipinski definition) is 3. The molecule has 4 N–H and O–H groups in total. The Bertz CT molecular complexity index is 560. The molecule has 1 heterocycles. The zero-order chi connectivity index (χ0) is 13.8. The topological polar surface area (TPSA) is 92.0 Å². The Morgan fingerprint density at radius 3 is 2.74 bits per heavy atom. The van der Waals surface area contributed by atoms with Crippen LogP contribution in [0.1, 0.15) is 22.5 Å². The van der Waals surface area contributed by atoms with E-state index in [1.54, 1.807) is 6.33 Å². The fourth-order valence-electron chi connectivity index (χ4n) is 1.88. The predicted molar refractivity (Wildman–Crippen MR) is 71.9 cm³/mol. The van der Waals surface area contributed by atoms with Gasteiger partial charge in [-0.25, -0.2) is 4.98 Å². The van der Waals surface area contributed by atoms with Gasteiger partial charge in [0.1, 0.15) is 6.04 Å². The van der Waals surface area contributed by atoms with Crippen LogP contribution in [0.3, 0.4) is 0 Å². The molecule has 1 aromatic heterocycles. The summed E-state index contributed by atoms with van der Waals surface area (Å²) in [6.07, 6.45) is 2.51. The first kappa shape index (κ1) is 13.3. The zero-order valence-electron chi connectivity index (χ0n) is 10.8. The van der Waals surface area contributed by atoms with E-state index in [9.17, 15) is 4.79 Å². The standard InChI is InChI=1S/C14H17N3O2/c1-9-2-4-10(5-3-9)6-12-13(17-8-16-12)7-11(15)14(18)19/h2-5,8,11H,6-7,15H2,1H3,(H,16,17)(H,18,19)/t11-/m0/s1. The van der Waals surface area contributed by atoms with E-state index < -0.39 is 12.0 Å². The van der Waals surface area contributed by atoms with Crippen LogP contribution >= 0.6 is 0 Å². The highest BCUT2D eigenvalue weighted by Gasteiger charge is 2.16. The third-order valence-corrected chi connectivity index (χ3v) is 3.04. The Kier molecular flexibility index (Phi) is 3.97. The summed E-state index contributed by atoms with van der Waals surface area (Å²) in [5.41, 5.74) is 9.53. The number of aromatic amines is 1. The summed E-state index contributed by atoms with van der Waals surface area (Å²) in [7, 11) is 0. The molecule has 0 amide bonds. The predicted octanol–water partition coefficient (Wildman–Crippen LogP) is 1.26. The fourth-order valence-corrected chi connectivity index (χ4v) is 1.88. The van der Waals surface area contributed by atoms with E-state index in [2.05, 4.69) is 22.1 Å². The lowest BCUT2D eigenvalue weighted by atomic mass is 10.0. The molecule has 19 heavy (non-hydrogen) atoms. The quantitative estimate of drug-likeness (QED) is 0.753. The van der Waals surface area contributed by atoms with Gasteiger partial charge in [-0.15, -0.1) is 0 Å². The first-order chi connectivity index (χ1) is 9.06. The average Bonchev–Trinajstić information content (AvgIpc) is 2.79. The van der Waals surface area contributed by atoms with Crippen LogP contribution in [0.4, 0.5) is 0 Å². The number of nitrogens with one attached hydrogen (secondary N) is 1. The Morgan fingerprint density at radius 2 is 2.11 bits per heavy atom. The van der Waals surface area contributed by atoms with Gasteiger partial charge < -0.3 is 15.8 Å². The van der Waals surface area contributed by atoms with Crippen molar-refractivity contribution in [3.05, 3.63) is 53.1 Å². The lowest BCUT2D eigenvalue weighted by Crippen LogP contribution is -2.32. The number of rotatable bonds is 5. The minimum atomic E-state index is -1.01. The number of imidazole rings is 1. The van der Waals surface area contributed by atoms with E-state index in [1.807, 2.05) is 19.1 Å². The first-order valence-electron chi connectivity index (χ1n) is 6.11. The van der Waals surface area contributed by atoms with E-state index >= 15 is 0 Å². The van der Waals surface area contributed by atoms with Crippen molar-refractivity contribution in [1.82, 2.24) is 9.97 Å². The monoisotopic (exact) mass is 259 g/mol. The van der Waals surface area contributed by atoms with Crippen LogP contribution in [-0.4, -0.2) is 27.1 Å². The van der Waals surface area contributed by atoms with Crippen molar-refractivity contribution < 1.29 is 9.90 Å². The third-order valence-electron chi connectivity index (χ3n) is 3.04. The second-order valence-electron chi connectivity index (χ2n) is 4.64. The van der Waals surface area contributed by atoms with Gasteiger partial charge in [-0.2, -0.15) is 0 Å². The number of aryl methyl sites for hydroxylation is 1. The molecule has 0 fully saturated rings. The van der Waals surface area contributed by atoms with Crippen LogP contribution in [0, 0.1) is 6.92 Å². The maximum Gasteiger partial charge on any atom is 0.320 e. The van der Waals surface area contributed by atoms with Gasteiger partial charge in [0.15, 0.2) is 0 Å². The number of aromatic nitrogens is 2. The number of H-pyrrole nitrogens is 1. The summed E-state index contributed by atoms with van der Waals surface area (Å²) in [5, 5.41) is 8.83. The molecule has 5 heteroatoms. The molecular formula is C14H17N3O2. The minimum Gasteiger partial charge on any atom is -0.480 e. The van der Waals surface area contributed by atoms with Gasteiger partial charge in [0.25, 0.3) is 0 Å². The van der Waals surface area contributed by atoms with Gasteiger partial charge in [-0.05, 0) is 12.5 Å². The molecule has 1 aromatic carbocycles. The van der Waals surface area contributed by atoms with Crippen LogP contribution in [0.2, 0.25) is 0 Å². The van der Waals surface area contributed by atoms with E-state index in [0.717, 1.165) is 17.0 Å². The number of carboxylic acid groups (broad SMARTS) is 1. The van der Waals surface area contributed by atoms with Crippen LogP contribution in [0.5, 0.6) is 0 Å². The zero-order valence-corrected chi connectivity index (χ0v) is 10.8. The molecule has 100 valence electrons. The minimum absolute atomic E-state index is 0.236. The van der Waals surface area contributed by atoms with Crippen LogP contribution < -0.4 is 5.73 Å². The summed E-state index contributed by atoms with van der Waals surface area (Å²) in [4.78, 5) is 18.0. The molecule has 0 saturated carbocycles. The number of benzene rings is 1. The highest BCUT2D eigenvalue weighted by molar-refractivity contribution is 5.73. The Morgan fingerprint density at radius 1 is 1.42 bits per heavy atom. The maximum absolute atomic E-state index is 10.8. The second-order valence-corrected chi connectivity index (χ2v) is 4.64.